The summed E-state index contributed by atoms with van der Waals surface area (Å²) in [5.41, 5.74) is 1.96. The number of furan rings is 1. The van der Waals surface area contributed by atoms with Gasteiger partial charge in [-0.3, -0.25) is 9.79 Å². The first-order valence-electron chi connectivity index (χ1n) is 10.0. The molecule has 0 unspecified atom stereocenters. The lowest BCUT2D eigenvalue weighted by atomic mass is 10.2. The first kappa shape index (κ1) is 22.3. The molecule has 1 aromatic heterocycles. The number of aryl methyl sites for hydroxylation is 2. The molecular formula is C22H32N4O3. The summed E-state index contributed by atoms with van der Waals surface area (Å²) in [6, 6.07) is 9.77. The number of para-hydroxylation sites is 1. The SMILES string of the molecule is CCNC(=NCCCNC(=O)c1occc1C)N(C)CCOc1ccccc1C. The van der Waals surface area contributed by atoms with Crippen LogP contribution in [0.15, 0.2) is 46.0 Å². The Morgan fingerprint density at radius 2 is 1.97 bits per heavy atom. The van der Waals surface area contributed by atoms with E-state index in [-0.39, 0.29) is 5.91 Å². The molecular weight excluding hydrogens is 368 g/mol. The molecule has 0 aliphatic rings. The van der Waals surface area contributed by atoms with E-state index in [1.807, 2.05) is 57.0 Å². The van der Waals surface area contributed by atoms with E-state index in [0.717, 1.165) is 35.8 Å². The first-order chi connectivity index (χ1) is 14.0. The van der Waals surface area contributed by atoms with Gasteiger partial charge in [0.15, 0.2) is 11.7 Å². The number of carbonyl (C=O) groups excluding carboxylic acids is 1. The Bertz CT molecular complexity index is 801. The second-order valence-corrected chi connectivity index (χ2v) is 6.81. The van der Waals surface area contributed by atoms with Crippen LogP contribution in [0, 0.1) is 13.8 Å². The fourth-order valence-electron chi connectivity index (χ4n) is 2.74. The number of ether oxygens (including phenoxy) is 1. The average Bonchev–Trinajstić information content (AvgIpc) is 3.14. The lowest BCUT2D eigenvalue weighted by Gasteiger charge is -2.22. The third-order valence-corrected chi connectivity index (χ3v) is 4.42. The second-order valence-electron chi connectivity index (χ2n) is 6.81. The minimum atomic E-state index is -0.186. The third kappa shape index (κ3) is 7.18. The number of nitrogens with zero attached hydrogens (tertiary/aromatic N) is 2. The van der Waals surface area contributed by atoms with Crippen LogP contribution < -0.4 is 15.4 Å². The van der Waals surface area contributed by atoms with Gasteiger partial charge >= 0.3 is 0 Å². The Balaban J connectivity index is 1.74. The lowest BCUT2D eigenvalue weighted by Crippen LogP contribution is -2.41. The second kappa shape index (κ2) is 11.8. The third-order valence-electron chi connectivity index (χ3n) is 4.42. The number of rotatable bonds is 10. The van der Waals surface area contributed by atoms with Crippen LogP contribution in [0.25, 0.3) is 0 Å². The zero-order chi connectivity index (χ0) is 21.1. The highest BCUT2D eigenvalue weighted by Gasteiger charge is 2.11. The molecule has 0 saturated heterocycles. The molecule has 0 radical (unpaired) electrons. The van der Waals surface area contributed by atoms with Crippen LogP contribution in [0.5, 0.6) is 5.75 Å². The number of amides is 1. The van der Waals surface area contributed by atoms with E-state index in [1.165, 1.54) is 6.26 Å². The number of hydrogen-bond acceptors (Lipinski definition) is 4. The highest BCUT2D eigenvalue weighted by Crippen LogP contribution is 2.15. The van der Waals surface area contributed by atoms with Crippen molar-refractivity contribution in [2.24, 2.45) is 4.99 Å². The summed E-state index contributed by atoms with van der Waals surface area (Å²) in [6.45, 7) is 9.17. The standard InChI is InChI=1S/C22H32N4O3/c1-5-23-22(26(4)14-16-28-19-10-7-6-9-17(19)2)25-13-8-12-24-21(27)20-18(3)11-15-29-20/h6-7,9-11,15H,5,8,12-14,16H2,1-4H3,(H,23,25)(H,24,27). The summed E-state index contributed by atoms with van der Waals surface area (Å²) < 4.78 is 11.1. The molecule has 0 aliphatic heterocycles. The van der Waals surface area contributed by atoms with E-state index in [2.05, 4.69) is 15.6 Å². The smallest absolute Gasteiger partial charge is 0.287 e. The number of carbonyl (C=O) groups is 1. The molecule has 158 valence electrons. The van der Waals surface area contributed by atoms with Crippen LogP contribution in [0.1, 0.15) is 35.0 Å². The van der Waals surface area contributed by atoms with Gasteiger partial charge in [-0.2, -0.15) is 0 Å². The molecule has 29 heavy (non-hydrogen) atoms. The summed E-state index contributed by atoms with van der Waals surface area (Å²) in [5, 5.41) is 6.15. The van der Waals surface area contributed by atoms with Crippen LogP contribution in [0.2, 0.25) is 0 Å². The summed E-state index contributed by atoms with van der Waals surface area (Å²) >= 11 is 0. The van der Waals surface area contributed by atoms with E-state index >= 15 is 0 Å². The molecule has 1 heterocycles. The van der Waals surface area contributed by atoms with Gasteiger partial charge in [0.25, 0.3) is 5.91 Å². The zero-order valence-corrected chi connectivity index (χ0v) is 17.8. The summed E-state index contributed by atoms with van der Waals surface area (Å²) in [5.74, 6) is 1.92. The predicted octanol–water partition coefficient (Wildman–Crippen LogP) is 2.99. The Kier molecular flexibility index (Phi) is 9.08. The van der Waals surface area contributed by atoms with Gasteiger partial charge in [0.1, 0.15) is 12.4 Å². The quantitative estimate of drug-likeness (QED) is 0.364. The van der Waals surface area contributed by atoms with E-state index in [0.29, 0.717) is 32.0 Å². The van der Waals surface area contributed by atoms with Crippen molar-refractivity contribution in [2.75, 3.05) is 39.8 Å². The minimum absolute atomic E-state index is 0.186. The summed E-state index contributed by atoms with van der Waals surface area (Å²) in [4.78, 5) is 18.7. The van der Waals surface area contributed by atoms with Crippen LogP contribution in [0.4, 0.5) is 0 Å². The highest BCUT2D eigenvalue weighted by molar-refractivity contribution is 5.92. The molecule has 1 aromatic carbocycles. The van der Waals surface area contributed by atoms with Crippen molar-refractivity contribution >= 4 is 11.9 Å². The van der Waals surface area contributed by atoms with Crippen molar-refractivity contribution in [3.63, 3.8) is 0 Å². The van der Waals surface area contributed by atoms with Crippen molar-refractivity contribution in [3.05, 3.63) is 53.5 Å². The predicted molar refractivity (Wildman–Crippen MR) is 116 cm³/mol. The van der Waals surface area contributed by atoms with Crippen LogP contribution in [0.3, 0.4) is 0 Å². The number of guanidine groups is 1. The molecule has 0 aliphatic carbocycles. The molecule has 0 atom stereocenters. The number of nitrogens with one attached hydrogen (secondary N) is 2. The number of aliphatic imine (C=N–C) groups is 1. The van der Waals surface area contributed by atoms with Gasteiger partial charge < -0.3 is 24.7 Å². The normalized spacial score (nSPS) is 11.2. The molecule has 2 N–H and O–H groups in total. The molecule has 1 amide bonds. The topological polar surface area (TPSA) is 79.1 Å². The van der Waals surface area contributed by atoms with Crippen LogP contribution >= 0.6 is 0 Å². The Hall–Kier alpha value is -2.96. The summed E-state index contributed by atoms with van der Waals surface area (Å²) in [7, 11) is 1.99. The monoisotopic (exact) mass is 400 g/mol. The average molecular weight is 401 g/mol. The van der Waals surface area contributed by atoms with E-state index in [9.17, 15) is 4.79 Å². The molecule has 2 aromatic rings. The molecule has 0 bridgehead atoms. The molecule has 2 rings (SSSR count). The van der Waals surface area contributed by atoms with Crippen LogP contribution in [-0.4, -0.2) is 56.6 Å². The molecule has 7 nitrogen and oxygen atoms in total. The minimum Gasteiger partial charge on any atom is -0.491 e. The summed E-state index contributed by atoms with van der Waals surface area (Å²) in [6.07, 6.45) is 2.27. The largest absolute Gasteiger partial charge is 0.491 e. The van der Waals surface area contributed by atoms with Gasteiger partial charge in [-0.05, 0) is 44.9 Å². The zero-order valence-electron chi connectivity index (χ0n) is 17.8. The Morgan fingerprint density at radius 3 is 2.66 bits per heavy atom. The first-order valence-corrected chi connectivity index (χ1v) is 10.0. The number of benzene rings is 1. The number of hydrogen-bond donors (Lipinski definition) is 2. The maximum Gasteiger partial charge on any atom is 0.287 e. The van der Waals surface area contributed by atoms with Gasteiger partial charge in [0.2, 0.25) is 0 Å². The van der Waals surface area contributed by atoms with Crippen LogP contribution in [-0.2, 0) is 0 Å². The Labute approximate surface area is 173 Å². The van der Waals surface area contributed by atoms with Crippen molar-refractivity contribution in [1.82, 2.24) is 15.5 Å². The van der Waals surface area contributed by atoms with Gasteiger partial charge in [0.05, 0.1) is 12.8 Å². The lowest BCUT2D eigenvalue weighted by molar-refractivity contribution is 0.0925. The highest BCUT2D eigenvalue weighted by atomic mass is 16.5. The van der Waals surface area contributed by atoms with Crippen molar-refractivity contribution in [3.8, 4) is 5.75 Å². The van der Waals surface area contributed by atoms with Gasteiger partial charge in [-0.1, -0.05) is 18.2 Å². The van der Waals surface area contributed by atoms with E-state index in [4.69, 9.17) is 9.15 Å². The maximum atomic E-state index is 12.0. The van der Waals surface area contributed by atoms with Crippen molar-refractivity contribution in [1.29, 1.82) is 0 Å². The van der Waals surface area contributed by atoms with Gasteiger partial charge in [-0.15, -0.1) is 0 Å². The van der Waals surface area contributed by atoms with Crippen molar-refractivity contribution in [2.45, 2.75) is 27.2 Å². The fourth-order valence-corrected chi connectivity index (χ4v) is 2.74. The van der Waals surface area contributed by atoms with Gasteiger partial charge in [0, 0.05) is 32.2 Å². The van der Waals surface area contributed by atoms with Crippen molar-refractivity contribution < 1.29 is 13.9 Å². The molecule has 7 heteroatoms. The van der Waals surface area contributed by atoms with E-state index < -0.39 is 0 Å². The number of likely N-dealkylation sites (N-methyl/N-ethyl adjacent to an activating group) is 1. The molecule has 0 saturated carbocycles. The Morgan fingerprint density at radius 1 is 1.17 bits per heavy atom. The molecule has 0 spiro atoms. The van der Waals surface area contributed by atoms with Gasteiger partial charge in [-0.25, -0.2) is 0 Å². The molecule has 0 fully saturated rings. The van der Waals surface area contributed by atoms with E-state index in [1.54, 1.807) is 6.07 Å². The fraction of sp³-hybridized carbons (Fsp3) is 0.455. The maximum absolute atomic E-state index is 12.0.